The number of hydrogen-bond donors (Lipinski definition) is 1. The predicted molar refractivity (Wildman–Crippen MR) is 81.4 cm³/mol. The van der Waals surface area contributed by atoms with E-state index in [1.165, 1.54) is 22.1 Å². The molecular weight excluding hydrogens is 296 g/mol. The molecule has 1 aliphatic rings. The van der Waals surface area contributed by atoms with Crippen LogP contribution in [0.1, 0.15) is 12.8 Å². The van der Waals surface area contributed by atoms with E-state index in [0.29, 0.717) is 24.5 Å². The summed E-state index contributed by atoms with van der Waals surface area (Å²) in [5, 5.41) is 2.70. The number of hydrogen-bond acceptors (Lipinski definition) is 4. The van der Waals surface area contributed by atoms with Crippen molar-refractivity contribution in [2.45, 2.75) is 17.7 Å². The van der Waals surface area contributed by atoms with E-state index in [1.807, 2.05) is 6.26 Å². The lowest BCUT2D eigenvalue weighted by Gasteiger charge is -2.16. The summed E-state index contributed by atoms with van der Waals surface area (Å²) < 4.78 is 26.3. The standard InChI is InChI=1S/C13H18N2O3S2/c1-19-10-13(16)14-11-5-4-6-12(9-11)20(17,18)15-7-2-3-8-15/h4-6,9H,2-3,7-8,10H2,1H3,(H,14,16). The zero-order valence-electron chi connectivity index (χ0n) is 11.3. The van der Waals surface area contributed by atoms with E-state index >= 15 is 0 Å². The number of rotatable bonds is 5. The van der Waals surface area contributed by atoms with Crippen molar-refractivity contribution in [3.05, 3.63) is 24.3 Å². The number of carbonyl (C=O) groups excluding carboxylic acids is 1. The quantitative estimate of drug-likeness (QED) is 0.899. The van der Waals surface area contributed by atoms with E-state index in [4.69, 9.17) is 0 Å². The van der Waals surface area contributed by atoms with Gasteiger partial charge in [0.15, 0.2) is 0 Å². The SMILES string of the molecule is CSCC(=O)Nc1cccc(S(=O)(=O)N2CCCC2)c1. The maximum atomic E-state index is 12.4. The second-order valence-corrected chi connectivity index (χ2v) is 7.42. The van der Waals surface area contributed by atoms with Gasteiger partial charge in [0.2, 0.25) is 15.9 Å². The number of sulfonamides is 1. The molecule has 0 saturated carbocycles. The molecule has 0 atom stereocenters. The highest BCUT2D eigenvalue weighted by atomic mass is 32.2. The first-order chi connectivity index (χ1) is 9.54. The predicted octanol–water partition coefficient (Wildman–Crippen LogP) is 1.77. The summed E-state index contributed by atoms with van der Waals surface area (Å²) in [5.41, 5.74) is 0.518. The first-order valence-electron chi connectivity index (χ1n) is 6.43. The van der Waals surface area contributed by atoms with Crippen LogP contribution in [0, 0.1) is 0 Å². The molecule has 0 unspecified atom stereocenters. The van der Waals surface area contributed by atoms with Gasteiger partial charge in [-0.15, -0.1) is 0 Å². The van der Waals surface area contributed by atoms with Gasteiger partial charge in [-0.3, -0.25) is 4.79 Å². The Bertz CT molecular complexity index is 581. The van der Waals surface area contributed by atoms with Gasteiger partial charge in [-0.1, -0.05) is 6.07 Å². The molecule has 1 aliphatic heterocycles. The van der Waals surface area contributed by atoms with Crippen LogP contribution in [-0.2, 0) is 14.8 Å². The first kappa shape index (κ1) is 15.3. The number of anilines is 1. The van der Waals surface area contributed by atoms with Crippen molar-refractivity contribution in [3.8, 4) is 0 Å². The second kappa shape index (κ2) is 6.60. The van der Waals surface area contributed by atoms with Crippen LogP contribution in [0.3, 0.4) is 0 Å². The fraction of sp³-hybridized carbons (Fsp3) is 0.462. The van der Waals surface area contributed by atoms with Gasteiger partial charge in [0, 0.05) is 18.8 Å². The number of nitrogens with one attached hydrogen (secondary N) is 1. The summed E-state index contributed by atoms with van der Waals surface area (Å²) in [7, 11) is -3.43. The van der Waals surface area contributed by atoms with E-state index in [2.05, 4.69) is 5.32 Å². The van der Waals surface area contributed by atoms with Gasteiger partial charge in [0.1, 0.15) is 0 Å². The molecule has 5 nitrogen and oxygen atoms in total. The molecule has 1 aromatic rings. The molecule has 0 aliphatic carbocycles. The van der Waals surface area contributed by atoms with E-state index in [0.717, 1.165) is 12.8 Å². The third-order valence-corrected chi connectivity index (χ3v) is 5.54. The lowest BCUT2D eigenvalue weighted by Crippen LogP contribution is -2.28. The molecule has 2 rings (SSSR count). The maximum absolute atomic E-state index is 12.4. The molecule has 7 heteroatoms. The van der Waals surface area contributed by atoms with Gasteiger partial charge >= 0.3 is 0 Å². The molecule has 0 bridgehead atoms. The lowest BCUT2D eigenvalue weighted by atomic mass is 10.3. The summed E-state index contributed by atoms with van der Waals surface area (Å²) in [5.74, 6) is 0.219. The van der Waals surface area contributed by atoms with Gasteiger partial charge < -0.3 is 5.32 Å². The minimum absolute atomic E-state index is 0.131. The molecule has 1 amide bonds. The molecule has 20 heavy (non-hydrogen) atoms. The fourth-order valence-electron chi connectivity index (χ4n) is 2.14. The number of benzene rings is 1. The smallest absolute Gasteiger partial charge is 0.243 e. The number of nitrogens with zero attached hydrogens (tertiary/aromatic N) is 1. The van der Waals surface area contributed by atoms with E-state index < -0.39 is 10.0 Å². The Kier molecular flexibility index (Phi) is 5.06. The van der Waals surface area contributed by atoms with E-state index in [-0.39, 0.29) is 10.8 Å². The van der Waals surface area contributed by atoms with Gasteiger partial charge in [0.05, 0.1) is 10.6 Å². The highest BCUT2D eigenvalue weighted by Crippen LogP contribution is 2.23. The summed E-state index contributed by atoms with van der Waals surface area (Å²) >= 11 is 1.42. The number of thioether (sulfide) groups is 1. The van der Waals surface area contributed by atoms with Crippen molar-refractivity contribution in [1.82, 2.24) is 4.31 Å². The first-order valence-corrected chi connectivity index (χ1v) is 9.26. The summed E-state index contributed by atoms with van der Waals surface area (Å²) in [6.07, 6.45) is 3.65. The summed E-state index contributed by atoms with van der Waals surface area (Å²) in [6, 6.07) is 6.43. The minimum atomic E-state index is -3.43. The third kappa shape index (κ3) is 3.53. The Morgan fingerprint density at radius 3 is 2.70 bits per heavy atom. The van der Waals surface area contributed by atoms with E-state index in [1.54, 1.807) is 18.2 Å². The van der Waals surface area contributed by atoms with Gasteiger partial charge in [-0.25, -0.2) is 8.42 Å². The molecule has 1 saturated heterocycles. The van der Waals surface area contributed by atoms with Crippen LogP contribution in [0.5, 0.6) is 0 Å². The molecule has 110 valence electrons. The molecule has 1 heterocycles. The van der Waals surface area contributed by atoms with Crippen molar-refractivity contribution in [2.24, 2.45) is 0 Å². The monoisotopic (exact) mass is 314 g/mol. The largest absolute Gasteiger partial charge is 0.325 e. The maximum Gasteiger partial charge on any atom is 0.243 e. The summed E-state index contributed by atoms with van der Waals surface area (Å²) in [6.45, 7) is 1.15. The van der Waals surface area contributed by atoms with Crippen LogP contribution in [-0.4, -0.2) is 43.7 Å². The van der Waals surface area contributed by atoms with Crippen LogP contribution in [0.15, 0.2) is 29.2 Å². The Hall–Kier alpha value is -1.05. The highest BCUT2D eigenvalue weighted by molar-refractivity contribution is 7.99. The van der Waals surface area contributed by atoms with Crippen molar-refractivity contribution in [1.29, 1.82) is 0 Å². The van der Waals surface area contributed by atoms with Crippen molar-refractivity contribution < 1.29 is 13.2 Å². The molecule has 1 fully saturated rings. The van der Waals surface area contributed by atoms with Crippen LogP contribution in [0.4, 0.5) is 5.69 Å². The molecule has 0 spiro atoms. The second-order valence-electron chi connectivity index (χ2n) is 4.62. The highest BCUT2D eigenvalue weighted by Gasteiger charge is 2.27. The lowest BCUT2D eigenvalue weighted by molar-refractivity contribution is -0.113. The van der Waals surface area contributed by atoms with Crippen LogP contribution >= 0.6 is 11.8 Å². The number of carbonyl (C=O) groups is 1. The number of amides is 1. The molecule has 0 aromatic heterocycles. The molecule has 0 radical (unpaired) electrons. The van der Waals surface area contributed by atoms with Crippen molar-refractivity contribution >= 4 is 33.4 Å². The zero-order valence-corrected chi connectivity index (χ0v) is 13.0. The Balaban J connectivity index is 2.18. The van der Waals surface area contributed by atoms with Gasteiger partial charge in [-0.05, 0) is 37.3 Å². The molecule has 1 aromatic carbocycles. The Labute approximate surface area is 123 Å². The van der Waals surface area contributed by atoms with Gasteiger partial charge in [0.25, 0.3) is 0 Å². The fourth-order valence-corrected chi connectivity index (χ4v) is 4.04. The van der Waals surface area contributed by atoms with Crippen LogP contribution in [0.25, 0.3) is 0 Å². The minimum Gasteiger partial charge on any atom is -0.325 e. The van der Waals surface area contributed by atoms with Crippen LogP contribution in [0.2, 0.25) is 0 Å². The topological polar surface area (TPSA) is 66.5 Å². The Morgan fingerprint density at radius 2 is 2.05 bits per heavy atom. The average molecular weight is 314 g/mol. The van der Waals surface area contributed by atoms with E-state index in [9.17, 15) is 13.2 Å². The van der Waals surface area contributed by atoms with Crippen molar-refractivity contribution in [2.75, 3.05) is 30.4 Å². The third-order valence-electron chi connectivity index (χ3n) is 3.10. The van der Waals surface area contributed by atoms with Crippen molar-refractivity contribution in [3.63, 3.8) is 0 Å². The molecular formula is C13H18N2O3S2. The van der Waals surface area contributed by atoms with Crippen LogP contribution < -0.4 is 5.32 Å². The molecule has 1 N–H and O–H groups in total. The normalized spacial score (nSPS) is 16.2. The Morgan fingerprint density at radius 1 is 1.35 bits per heavy atom. The van der Waals surface area contributed by atoms with Gasteiger partial charge in [-0.2, -0.15) is 16.1 Å². The average Bonchev–Trinajstić information content (AvgIpc) is 2.94. The zero-order chi connectivity index (χ0) is 14.6. The summed E-state index contributed by atoms with van der Waals surface area (Å²) in [4.78, 5) is 11.8.